The van der Waals surface area contributed by atoms with Gasteiger partial charge in [-0.2, -0.15) is 13.2 Å². The fraction of sp³-hybridized carbons (Fsp3) is 0.333. The first-order valence-electron chi connectivity index (χ1n) is 8.53. The highest BCUT2D eigenvalue weighted by atomic mass is 32.2. The number of sulfonamides is 1. The summed E-state index contributed by atoms with van der Waals surface area (Å²) in [6, 6.07) is 10.9. The van der Waals surface area contributed by atoms with Crippen molar-refractivity contribution < 1.29 is 26.5 Å². The maximum atomic E-state index is 13.2. The molecular weight excluding hydrogens is 379 g/mol. The monoisotopic (exact) mass is 400 g/mol. The van der Waals surface area contributed by atoms with Gasteiger partial charge in [0.2, 0.25) is 0 Å². The van der Waals surface area contributed by atoms with Gasteiger partial charge in [-0.05, 0) is 24.3 Å². The van der Waals surface area contributed by atoms with E-state index >= 15 is 0 Å². The molecule has 0 bridgehead atoms. The van der Waals surface area contributed by atoms with E-state index in [0.29, 0.717) is 5.69 Å². The van der Waals surface area contributed by atoms with Crippen LogP contribution in [0.15, 0.2) is 53.4 Å². The minimum atomic E-state index is -4.76. The number of benzene rings is 2. The molecule has 1 fully saturated rings. The van der Waals surface area contributed by atoms with Crippen molar-refractivity contribution in [1.29, 1.82) is 0 Å². The molecule has 3 rings (SSSR count). The van der Waals surface area contributed by atoms with Crippen molar-refractivity contribution in [3.05, 3.63) is 54.1 Å². The molecule has 1 saturated heterocycles. The summed E-state index contributed by atoms with van der Waals surface area (Å²) >= 11 is 0. The Labute approximate surface area is 156 Å². The standard InChI is InChI=1S/C18H20F3N3O2S/c1-23-10-12-24(13-11-23)16-8-4-3-7-15(16)22-27(25,26)17-9-5-2-6-14(17)18(19,20)21/h2-9,22H,10-13H2,1H3/p+1. The molecule has 5 nitrogen and oxygen atoms in total. The van der Waals surface area contributed by atoms with E-state index < -0.39 is 26.7 Å². The first kappa shape index (κ1) is 19.5. The number of anilines is 2. The normalized spacial score (nSPS) is 16.4. The van der Waals surface area contributed by atoms with Crippen LogP contribution in [0.2, 0.25) is 0 Å². The minimum absolute atomic E-state index is 0.272. The van der Waals surface area contributed by atoms with Crippen LogP contribution in [-0.2, 0) is 16.2 Å². The first-order chi connectivity index (χ1) is 12.7. The van der Waals surface area contributed by atoms with E-state index in [0.717, 1.165) is 38.3 Å². The van der Waals surface area contributed by atoms with E-state index in [1.807, 2.05) is 4.90 Å². The predicted molar refractivity (Wildman–Crippen MR) is 97.5 cm³/mol. The largest absolute Gasteiger partial charge is 0.417 e. The topological polar surface area (TPSA) is 53.9 Å². The molecule has 0 saturated carbocycles. The molecule has 9 heteroatoms. The van der Waals surface area contributed by atoms with Crippen LogP contribution in [0.3, 0.4) is 0 Å². The number of piperazine rings is 1. The molecule has 2 aromatic carbocycles. The summed E-state index contributed by atoms with van der Waals surface area (Å²) in [5.74, 6) is 0. The van der Waals surface area contributed by atoms with Crippen molar-refractivity contribution in [3.63, 3.8) is 0 Å². The van der Waals surface area contributed by atoms with Gasteiger partial charge < -0.3 is 9.80 Å². The SMILES string of the molecule is C[NH+]1CCN(c2ccccc2NS(=O)(=O)c2ccccc2C(F)(F)F)CC1. The van der Waals surface area contributed by atoms with Crippen molar-refractivity contribution in [2.45, 2.75) is 11.1 Å². The summed E-state index contributed by atoms with van der Waals surface area (Å²) in [5.41, 5.74) is -0.245. The van der Waals surface area contributed by atoms with Crippen molar-refractivity contribution in [1.82, 2.24) is 0 Å². The number of rotatable bonds is 4. The van der Waals surface area contributed by atoms with Crippen LogP contribution in [-0.4, -0.2) is 41.6 Å². The van der Waals surface area contributed by atoms with Gasteiger partial charge in [0.15, 0.2) is 0 Å². The third-order valence-corrected chi connectivity index (χ3v) is 6.01. The van der Waals surface area contributed by atoms with Gasteiger partial charge in [0, 0.05) is 0 Å². The molecule has 27 heavy (non-hydrogen) atoms. The van der Waals surface area contributed by atoms with Crippen LogP contribution in [0.1, 0.15) is 5.56 Å². The molecule has 1 heterocycles. The summed E-state index contributed by atoms with van der Waals surface area (Å²) in [4.78, 5) is 2.64. The number of nitrogens with one attached hydrogen (secondary N) is 2. The van der Waals surface area contributed by atoms with E-state index in [2.05, 4.69) is 11.8 Å². The molecule has 1 aliphatic rings. The Hall–Kier alpha value is -2.26. The van der Waals surface area contributed by atoms with Crippen molar-refractivity contribution in [2.24, 2.45) is 0 Å². The summed E-state index contributed by atoms with van der Waals surface area (Å²) in [6.07, 6.45) is -4.76. The summed E-state index contributed by atoms with van der Waals surface area (Å²) in [6.45, 7) is 3.28. The lowest BCUT2D eigenvalue weighted by Crippen LogP contribution is -3.12. The fourth-order valence-corrected chi connectivity index (χ4v) is 4.40. The summed E-state index contributed by atoms with van der Waals surface area (Å²) in [5, 5.41) is 0. The number of halogens is 3. The molecule has 0 spiro atoms. The quantitative estimate of drug-likeness (QED) is 0.824. The van der Waals surface area contributed by atoms with Gasteiger partial charge in [-0.3, -0.25) is 4.72 Å². The summed E-state index contributed by atoms with van der Waals surface area (Å²) < 4.78 is 67.5. The Bertz CT molecular complexity index is 908. The molecule has 2 aromatic rings. The third-order valence-electron chi connectivity index (χ3n) is 4.59. The van der Waals surface area contributed by atoms with E-state index in [4.69, 9.17) is 0 Å². The first-order valence-corrected chi connectivity index (χ1v) is 10.0. The van der Waals surface area contributed by atoms with Crippen LogP contribution >= 0.6 is 0 Å². The van der Waals surface area contributed by atoms with Crippen LogP contribution in [0.5, 0.6) is 0 Å². The van der Waals surface area contributed by atoms with E-state index in [-0.39, 0.29) is 5.69 Å². The van der Waals surface area contributed by atoms with Crippen LogP contribution in [0, 0.1) is 0 Å². The highest BCUT2D eigenvalue weighted by molar-refractivity contribution is 7.92. The molecule has 0 amide bonds. The second kappa shape index (κ2) is 7.40. The smallest absolute Gasteiger partial charge is 0.359 e. The second-order valence-electron chi connectivity index (χ2n) is 6.56. The van der Waals surface area contributed by atoms with Gasteiger partial charge in [0.25, 0.3) is 10.0 Å². The number of nitrogens with zero attached hydrogens (tertiary/aromatic N) is 1. The lowest BCUT2D eigenvalue weighted by Gasteiger charge is -2.33. The Kier molecular flexibility index (Phi) is 5.34. The molecule has 0 aliphatic carbocycles. The molecule has 0 radical (unpaired) electrons. The lowest BCUT2D eigenvalue weighted by atomic mass is 10.2. The third kappa shape index (κ3) is 4.36. The zero-order chi connectivity index (χ0) is 19.7. The molecule has 0 unspecified atom stereocenters. The molecule has 0 aromatic heterocycles. The van der Waals surface area contributed by atoms with Gasteiger partial charge >= 0.3 is 6.18 Å². The predicted octanol–water partition coefficient (Wildman–Crippen LogP) is 1.84. The van der Waals surface area contributed by atoms with Gasteiger partial charge in [-0.15, -0.1) is 0 Å². The lowest BCUT2D eigenvalue weighted by molar-refractivity contribution is -0.880. The van der Waals surface area contributed by atoms with E-state index in [9.17, 15) is 21.6 Å². The maximum absolute atomic E-state index is 13.2. The van der Waals surface area contributed by atoms with E-state index in [1.54, 1.807) is 24.3 Å². The van der Waals surface area contributed by atoms with Gasteiger partial charge in [-0.1, -0.05) is 24.3 Å². The van der Waals surface area contributed by atoms with Crippen LogP contribution < -0.4 is 14.5 Å². The number of likely N-dealkylation sites (N-methyl/N-ethyl adjacent to an activating group) is 1. The highest BCUT2D eigenvalue weighted by Crippen LogP contribution is 2.35. The van der Waals surface area contributed by atoms with Gasteiger partial charge in [-0.25, -0.2) is 8.42 Å². The average molecular weight is 400 g/mol. The number of hydrogen-bond donors (Lipinski definition) is 2. The van der Waals surface area contributed by atoms with Crippen LogP contribution in [0.25, 0.3) is 0 Å². The van der Waals surface area contributed by atoms with Gasteiger partial charge in [0.05, 0.1) is 55.1 Å². The Morgan fingerprint density at radius 2 is 1.59 bits per heavy atom. The molecular formula is C18H21F3N3O2S+. The number of quaternary nitrogens is 1. The van der Waals surface area contributed by atoms with Crippen molar-refractivity contribution >= 4 is 21.4 Å². The van der Waals surface area contributed by atoms with Gasteiger partial charge in [0.1, 0.15) is 0 Å². The molecule has 0 atom stereocenters. The van der Waals surface area contributed by atoms with Crippen molar-refractivity contribution in [3.8, 4) is 0 Å². The fourth-order valence-electron chi connectivity index (χ4n) is 3.10. The molecule has 1 aliphatic heterocycles. The number of alkyl halides is 3. The Morgan fingerprint density at radius 3 is 2.26 bits per heavy atom. The average Bonchev–Trinajstić information content (AvgIpc) is 2.62. The minimum Gasteiger partial charge on any atom is -0.359 e. The molecule has 2 N–H and O–H groups in total. The highest BCUT2D eigenvalue weighted by Gasteiger charge is 2.37. The Balaban J connectivity index is 1.94. The molecule has 146 valence electrons. The zero-order valence-corrected chi connectivity index (χ0v) is 15.6. The number of hydrogen-bond acceptors (Lipinski definition) is 3. The number of para-hydroxylation sites is 2. The van der Waals surface area contributed by atoms with E-state index in [1.165, 1.54) is 17.0 Å². The second-order valence-corrected chi connectivity index (χ2v) is 8.21. The summed E-state index contributed by atoms with van der Waals surface area (Å²) in [7, 11) is -2.32. The zero-order valence-electron chi connectivity index (χ0n) is 14.8. The maximum Gasteiger partial charge on any atom is 0.417 e. The van der Waals surface area contributed by atoms with Crippen molar-refractivity contribution in [2.75, 3.05) is 42.8 Å². The van der Waals surface area contributed by atoms with Crippen LogP contribution in [0.4, 0.5) is 24.5 Å². The Morgan fingerprint density at radius 1 is 1.00 bits per heavy atom.